The number of likely N-dealkylation sites (tertiary alicyclic amines) is 1. The highest BCUT2D eigenvalue weighted by Gasteiger charge is 2.21. The van der Waals surface area contributed by atoms with Crippen LogP contribution in [0, 0.1) is 0 Å². The lowest BCUT2D eigenvalue weighted by Crippen LogP contribution is -2.33. The summed E-state index contributed by atoms with van der Waals surface area (Å²) < 4.78 is 0. The van der Waals surface area contributed by atoms with Crippen molar-refractivity contribution in [2.45, 2.75) is 57.3 Å². The summed E-state index contributed by atoms with van der Waals surface area (Å²) in [6.07, 6.45) is 10.5. The van der Waals surface area contributed by atoms with Crippen molar-refractivity contribution in [1.82, 2.24) is 4.90 Å². The van der Waals surface area contributed by atoms with Gasteiger partial charge >= 0.3 is 0 Å². The van der Waals surface area contributed by atoms with Gasteiger partial charge in [0.25, 0.3) is 0 Å². The van der Waals surface area contributed by atoms with Gasteiger partial charge < -0.3 is 10.6 Å². The van der Waals surface area contributed by atoms with E-state index >= 15 is 0 Å². The molecule has 0 saturated carbocycles. The maximum absolute atomic E-state index is 5.58. The molecule has 2 heteroatoms. The largest absolute Gasteiger partial charge is 0.330 e. The number of rotatable bonds is 5. The molecule has 0 unspecified atom stereocenters. The first-order chi connectivity index (χ1) is 10.4. The van der Waals surface area contributed by atoms with Crippen LogP contribution in [0.5, 0.6) is 0 Å². The molecule has 0 spiro atoms. The van der Waals surface area contributed by atoms with Crippen LogP contribution in [0.4, 0.5) is 0 Å². The first kappa shape index (κ1) is 15.1. The Bertz CT molecular complexity index is 447. The van der Waals surface area contributed by atoms with Gasteiger partial charge in [0.1, 0.15) is 0 Å². The molecule has 0 radical (unpaired) electrons. The molecular weight excluding hydrogens is 256 g/mol. The molecule has 1 aliphatic heterocycles. The average Bonchev–Trinajstić information content (AvgIpc) is 2.55. The van der Waals surface area contributed by atoms with E-state index in [1.165, 1.54) is 71.0 Å². The Morgan fingerprint density at radius 2 is 1.76 bits per heavy atom. The van der Waals surface area contributed by atoms with Gasteiger partial charge in [-0.2, -0.15) is 0 Å². The highest BCUT2D eigenvalue weighted by molar-refractivity contribution is 5.35. The van der Waals surface area contributed by atoms with Crippen molar-refractivity contribution >= 4 is 0 Å². The van der Waals surface area contributed by atoms with Crippen molar-refractivity contribution in [2.24, 2.45) is 5.73 Å². The minimum absolute atomic E-state index is 0.794. The second-order valence-corrected chi connectivity index (χ2v) is 6.85. The van der Waals surface area contributed by atoms with Gasteiger partial charge in [0.05, 0.1) is 0 Å². The van der Waals surface area contributed by atoms with E-state index in [0.717, 1.165) is 12.5 Å². The van der Waals surface area contributed by atoms with E-state index in [2.05, 4.69) is 23.1 Å². The van der Waals surface area contributed by atoms with Crippen LogP contribution in [0.2, 0.25) is 0 Å². The third kappa shape index (κ3) is 3.87. The number of fused-ring (bicyclic) bond motifs is 1. The van der Waals surface area contributed by atoms with Crippen LogP contribution in [0.25, 0.3) is 0 Å². The lowest BCUT2D eigenvalue weighted by Gasteiger charge is -2.32. The third-order valence-corrected chi connectivity index (χ3v) is 5.36. The molecule has 2 aliphatic rings. The van der Waals surface area contributed by atoms with E-state index in [4.69, 9.17) is 5.73 Å². The van der Waals surface area contributed by atoms with E-state index < -0.39 is 0 Å². The third-order valence-electron chi connectivity index (χ3n) is 5.36. The SMILES string of the molecule is NCCCCN1CCC(c2ccc3c(c2)CCCC3)CC1. The average molecular weight is 286 g/mol. The molecule has 1 fully saturated rings. The van der Waals surface area contributed by atoms with Crippen molar-refractivity contribution in [3.8, 4) is 0 Å². The van der Waals surface area contributed by atoms with E-state index in [9.17, 15) is 0 Å². The minimum atomic E-state index is 0.794. The van der Waals surface area contributed by atoms with Crippen LogP contribution in [-0.2, 0) is 12.8 Å². The molecule has 21 heavy (non-hydrogen) atoms. The fourth-order valence-electron chi connectivity index (χ4n) is 3.98. The fraction of sp³-hybridized carbons (Fsp3) is 0.684. The van der Waals surface area contributed by atoms with Crippen molar-refractivity contribution in [2.75, 3.05) is 26.2 Å². The summed E-state index contributed by atoms with van der Waals surface area (Å²) in [5, 5.41) is 0. The quantitative estimate of drug-likeness (QED) is 0.840. The Balaban J connectivity index is 1.54. The van der Waals surface area contributed by atoms with Crippen molar-refractivity contribution in [3.63, 3.8) is 0 Å². The Morgan fingerprint density at radius 3 is 2.52 bits per heavy atom. The van der Waals surface area contributed by atoms with Crippen molar-refractivity contribution in [1.29, 1.82) is 0 Å². The van der Waals surface area contributed by atoms with E-state index in [1.54, 1.807) is 16.7 Å². The van der Waals surface area contributed by atoms with Crippen LogP contribution in [0.3, 0.4) is 0 Å². The van der Waals surface area contributed by atoms with Crippen molar-refractivity contribution < 1.29 is 0 Å². The zero-order chi connectivity index (χ0) is 14.5. The number of nitrogens with two attached hydrogens (primary N) is 1. The summed E-state index contributed by atoms with van der Waals surface area (Å²) in [4.78, 5) is 2.63. The van der Waals surface area contributed by atoms with Gasteiger partial charge in [0.15, 0.2) is 0 Å². The predicted octanol–water partition coefficient (Wildman–Crippen LogP) is 3.48. The highest BCUT2D eigenvalue weighted by atomic mass is 15.1. The Hall–Kier alpha value is -0.860. The van der Waals surface area contributed by atoms with E-state index in [-0.39, 0.29) is 0 Å². The number of benzene rings is 1. The number of nitrogens with zero attached hydrogens (tertiary/aromatic N) is 1. The molecule has 3 rings (SSSR count). The normalized spacial score (nSPS) is 20.4. The molecule has 116 valence electrons. The van der Waals surface area contributed by atoms with Gasteiger partial charge in [0.2, 0.25) is 0 Å². The molecule has 1 heterocycles. The molecule has 1 aromatic carbocycles. The zero-order valence-corrected chi connectivity index (χ0v) is 13.3. The second kappa shape index (κ2) is 7.42. The smallest absolute Gasteiger partial charge is 0.00129 e. The summed E-state index contributed by atoms with van der Waals surface area (Å²) in [6.45, 7) is 4.62. The molecule has 0 aromatic heterocycles. The molecule has 1 aromatic rings. The zero-order valence-electron chi connectivity index (χ0n) is 13.3. The van der Waals surface area contributed by atoms with Gasteiger partial charge in [-0.05, 0) is 100 Å². The summed E-state index contributed by atoms with van der Waals surface area (Å²) in [5.41, 5.74) is 10.4. The number of hydrogen-bond donors (Lipinski definition) is 1. The van der Waals surface area contributed by atoms with Gasteiger partial charge in [0, 0.05) is 0 Å². The molecule has 0 bridgehead atoms. The minimum Gasteiger partial charge on any atom is -0.330 e. The molecule has 1 aliphatic carbocycles. The summed E-state index contributed by atoms with van der Waals surface area (Å²) >= 11 is 0. The molecule has 0 atom stereocenters. The first-order valence-electron chi connectivity index (χ1n) is 8.91. The Labute approximate surface area is 129 Å². The predicted molar refractivity (Wildman–Crippen MR) is 89.8 cm³/mol. The number of aryl methyl sites for hydroxylation is 2. The molecule has 2 nitrogen and oxygen atoms in total. The number of unbranched alkanes of at least 4 members (excludes halogenated alkanes) is 1. The second-order valence-electron chi connectivity index (χ2n) is 6.85. The highest BCUT2D eigenvalue weighted by Crippen LogP contribution is 2.31. The van der Waals surface area contributed by atoms with Crippen molar-refractivity contribution in [3.05, 3.63) is 34.9 Å². The van der Waals surface area contributed by atoms with E-state index in [1.807, 2.05) is 0 Å². The molecule has 2 N–H and O–H groups in total. The summed E-state index contributed by atoms with van der Waals surface area (Å²) in [6, 6.07) is 7.36. The number of hydrogen-bond acceptors (Lipinski definition) is 2. The van der Waals surface area contributed by atoms with Gasteiger partial charge in [-0.3, -0.25) is 0 Å². The maximum Gasteiger partial charge on any atom is -0.00129 e. The Morgan fingerprint density at radius 1 is 1.00 bits per heavy atom. The van der Waals surface area contributed by atoms with Crippen LogP contribution in [0.15, 0.2) is 18.2 Å². The molecule has 1 saturated heterocycles. The lowest BCUT2D eigenvalue weighted by atomic mass is 9.84. The summed E-state index contributed by atoms with van der Waals surface area (Å²) in [7, 11) is 0. The van der Waals surface area contributed by atoms with Gasteiger partial charge in [-0.25, -0.2) is 0 Å². The summed E-state index contributed by atoms with van der Waals surface area (Å²) in [5.74, 6) is 0.794. The molecular formula is C19H30N2. The number of piperidine rings is 1. The maximum atomic E-state index is 5.58. The van der Waals surface area contributed by atoms with Gasteiger partial charge in [-0.15, -0.1) is 0 Å². The van der Waals surface area contributed by atoms with Crippen LogP contribution >= 0.6 is 0 Å². The lowest BCUT2D eigenvalue weighted by molar-refractivity contribution is 0.209. The molecule has 0 amide bonds. The van der Waals surface area contributed by atoms with E-state index in [0.29, 0.717) is 0 Å². The topological polar surface area (TPSA) is 29.3 Å². The Kier molecular flexibility index (Phi) is 5.32. The standard InChI is InChI=1S/C19H30N2/c20-11-3-4-12-21-13-9-17(10-14-21)19-8-7-16-5-1-2-6-18(16)15-19/h7-8,15,17H,1-6,9-14,20H2. The van der Waals surface area contributed by atoms with Crippen LogP contribution in [-0.4, -0.2) is 31.1 Å². The fourth-order valence-corrected chi connectivity index (χ4v) is 3.98. The monoisotopic (exact) mass is 286 g/mol. The van der Waals surface area contributed by atoms with Crippen LogP contribution < -0.4 is 5.73 Å². The van der Waals surface area contributed by atoms with Crippen LogP contribution in [0.1, 0.15) is 61.1 Å². The van der Waals surface area contributed by atoms with Gasteiger partial charge in [-0.1, -0.05) is 18.2 Å². The first-order valence-corrected chi connectivity index (χ1v) is 8.91.